The number of nitro groups is 1. The van der Waals surface area contributed by atoms with Crippen LogP contribution in [0.3, 0.4) is 0 Å². The van der Waals surface area contributed by atoms with Crippen molar-refractivity contribution in [3.8, 4) is 6.07 Å². The summed E-state index contributed by atoms with van der Waals surface area (Å²) in [6.45, 7) is 0. The van der Waals surface area contributed by atoms with Crippen LogP contribution in [-0.4, -0.2) is 26.0 Å². The summed E-state index contributed by atoms with van der Waals surface area (Å²) in [7, 11) is 0. The SMILES string of the molecule is N#C/C(=C\N1C(=O)/C(=C\c2ccc([N+](=O)[O-])cc2)SC1=S)C(N)=O. The van der Waals surface area contributed by atoms with E-state index in [2.05, 4.69) is 0 Å². The van der Waals surface area contributed by atoms with Gasteiger partial charge in [0.1, 0.15) is 11.6 Å². The van der Waals surface area contributed by atoms with Crippen LogP contribution < -0.4 is 5.73 Å². The molecule has 0 radical (unpaired) electrons. The first-order valence-corrected chi connectivity index (χ1v) is 7.49. The molecule has 0 aromatic heterocycles. The topological polar surface area (TPSA) is 130 Å². The van der Waals surface area contributed by atoms with Crippen LogP contribution in [0.1, 0.15) is 5.56 Å². The molecule has 1 fully saturated rings. The van der Waals surface area contributed by atoms with Gasteiger partial charge in [0.25, 0.3) is 17.5 Å². The minimum Gasteiger partial charge on any atom is -0.365 e. The van der Waals surface area contributed by atoms with Crippen LogP contribution in [0.5, 0.6) is 0 Å². The van der Waals surface area contributed by atoms with Gasteiger partial charge in [-0.25, -0.2) is 0 Å². The Morgan fingerprint density at radius 2 is 2.04 bits per heavy atom. The molecule has 1 saturated heterocycles. The maximum absolute atomic E-state index is 12.3. The molecular weight excluding hydrogens is 352 g/mol. The fourth-order valence-electron chi connectivity index (χ4n) is 1.71. The van der Waals surface area contributed by atoms with Crippen LogP contribution in [0.25, 0.3) is 6.08 Å². The summed E-state index contributed by atoms with van der Waals surface area (Å²) in [5, 5.41) is 19.4. The molecule has 0 unspecified atom stereocenters. The van der Waals surface area contributed by atoms with Crippen molar-refractivity contribution in [2.75, 3.05) is 0 Å². The summed E-state index contributed by atoms with van der Waals surface area (Å²) in [6.07, 6.45) is 2.50. The Bertz CT molecular complexity index is 853. The second-order valence-electron chi connectivity index (χ2n) is 4.42. The largest absolute Gasteiger partial charge is 0.365 e. The van der Waals surface area contributed by atoms with Crippen molar-refractivity contribution in [2.24, 2.45) is 5.73 Å². The highest BCUT2D eigenvalue weighted by Gasteiger charge is 2.31. The smallest absolute Gasteiger partial charge is 0.270 e. The number of thiocarbonyl (C=S) groups is 1. The van der Waals surface area contributed by atoms with Gasteiger partial charge in [-0.1, -0.05) is 24.0 Å². The average molecular weight is 360 g/mol. The molecule has 8 nitrogen and oxygen atoms in total. The lowest BCUT2D eigenvalue weighted by Crippen LogP contribution is -2.24. The Morgan fingerprint density at radius 3 is 2.54 bits per heavy atom. The van der Waals surface area contributed by atoms with E-state index >= 15 is 0 Å². The fraction of sp³-hybridized carbons (Fsp3) is 0. The zero-order valence-electron chi connectivity index (χ0n) is 11.8. The average Bonchev–Trinajstić information content (AvgIpc) is 2.79. The number of amides is 2. The highest BCUT2D eigenvalue weighted by atomic mass is 32.2. The van der Waals surface area contributed by atoms with E-state index in [1.54, 1.807) is 6.07 Å². The van der Waals surface area contributed by atoms with E-state index in [-0.39, 0.29) is 14.9 Å². The Labute approximate surface area is 145 Å². The number of primary amides is 1. The van der Waals surface area contributed by atoms with E-state index in [9.17, 15) is 19.7 Å². The third kappa shape index (κ3) is 3.65. The van der Waals surface area contributed by atoms with Crippen molar-refractivity contribution in [1.29, 1.82) is 5.26 Å². The molecule has 1 aromatic carbocycles. The first-order valence-electron chi connectivity index (χ1n) is 6.26. The number of carbonyl (C=O) groups excluding carboxylic acids is 2. The normalized spacial score (nSPS) is 16.4. The predicted molar refractivity (Wildman–Crippen MR) is 91.0 cm³/mol. The summed E-state index contributed by atoms with van der Waals surface area (Å²) in [5.41, 5.74) is 5.13. The van der Waals surface area contributed by atoms with Crippen molar-refractivity contribution in [1.82, 2.24) is 4.90 Å². The molecule has 120 valence electrons. The molecule has 24 heavy (non-hydrogen) atoms. The molecular formula is C14H8N4O4S2. The zero-order chi connectivity index (χ0) is 17.9. The molecule has 0 bridgehead atoms. The minimum absolute atomic E-state index is 0.0669. The summed E-state index contributed by atoms with van der Waals surface area (Å²) in [4.78, 5) is 34.7. The van der Waals surface area contributed by atoms with Crippen molar-refractivity contribution < 1.29 is 14.5 Å². The maximum atomic E-state index is 12.3. The lowest BCUT2D eigenvalue weighted by molar-refractivity contribution is -0.384. The lowest BCUT2D eigenvalue weighted by atomic mass is 10.2. The first kappa shape index (κ1) is 17.3. The number of carbonyl (C=O) groups is 2. The van der Waals surface area contributed by atoms with E-state index in [0.717, 1.165) is 22.9 Å². The van der Waals surface area contributed by atoms with Gasteiger partial charge in [0, 0.05) is 18.3 Å². The molecule has 0 saturated carbocycles. The molecule has 0 aliphatic carbocycles. The molecule has 2 N–H and O–H groups in total. The minimum atomic E-state index is -0.967. The number of thioether (sulfide) groups is 1. The predicted octanol–water partition coefficient (Wildman–Crippen LogP) is 1.69. The third-order valence-corrected chi connectivity index (χ3v) is 4.20. The third-order valence-electron chi connectivity index (χ3n) is 2.87. The van der Waals surface area contributed by atoms with Crippen molar-refractivity contribution in [3.05, 3.63) is 56.6 Å². The van der Waals surface area contributed by atoms with E-state index in [0.29, 0.717) is 5.56 Å². The van der Waals surface area contributed by atoms with Crippen LogP contribution in [0, 0.1) is 21.4 Å². The molecule has 1 aliphatic rings. The summed E-state index contributed by atoms with van der Waals surface area (Å²) in [6, 6.07) is 7.20. The maximum Gasteiger partial charge on any atom is 0.270 e. The molecule has 2 amide bonds. The summed E-state index contributed by atoms with van der Waals surface area (Å²) >= 11 is 6.03. The molecule has 0 spiro atoms. The standard InChI is InChI=1S/C14H8N4O4S2/c15-6-9(12(16)19)7-17-13(20)11(24-14(17)23)5-8-1-3-10(4-2-8)18(21)22/h1-5,7H,(H2,16,19)/b9-7+,11-5+. The molecule has 1 aromatic rings. The molecule has 1 aliphatic heterocycles. The number of nitrogens with two attached hydrogens (primary N) is 1. The van der Waals surface area contributed by atoms with Crippen LogP contribution in [0.15, 0.2) is 40.9 Å². The van der Waals surface area contributed by atoms with Gasteiger partial charge in [0.2, 0.25) is 0 Å². The Hall–Kier alpha value is -3.03. The van der Waals surface area contributed by atoms with E-state index < -0.39 is 22.3 Å². The van der Waals surface area contributed by atoms with Gasteiger partial charge in [-0.05, 0) is 23.8 Å². The van der Waals surface area contributed by atoms with Crippen LogP contribution in [0.4, 0.5) is 5.69 Å². The Morgan fingerprint density at radius 1 is 1.42 bits per heavy atom. The number of nitrogens with zero attached hydrogens (tertiary/aromatic N) is 3. The van der Waals surface area contributed by atoms with Crippen molar-refractivity contribution in [3.63, 3.8) is 0 Å². The van der Waals surface area contributed by atoms with Gasteiger partial charge >= 0.3 is 0 Å². The van der Waals surface area contributed by atoms with E-state index in [4.69, 9.17) is 23.2 Å². The molecule has 1 heterocycles. The lowest BCUT2D eigenvalue weighted by Gasteiger charge is -2.07. The van der Waals surface area contributed by atoms with Gasteiger partial charge in [-0.3, -0.25) is 24.6 Å². The van der Waals surface area contributed by atoms with Crippen LogP contribution in [-0.2, 0) is 9.59 Å². The van der Waals surface area contributed by atoms with Gasteiger partial charge < -0.3 is 5.73 Å². The number of hydrogen-bond acceptors (Lipinski definition) is 7. The molecule has 0 atom stereocenters. The first-order chi connectivity index (χ1) is 11.3. The van der Waals surface area contributed by atoms with Gasteiger partial charge in [-0.15, -0.1) is 0 Å². The summed E-state index contributed by atoms with van der Waals surface area (Å²) < 4.78 is 0.141. The highest BCUT2D eigenvalue weighted by Crippen LogP contribution is 2.33. The Kier molecular flexibility index (Phi) is 5.08. The van der Waals surface area contributed by atoms with Gasteiger partial charge in [0.15, 0.2) is 4.32 Å². The van der Waals surface area contributed by atoms with Gasteiger partial charge in [0.05, 0.1) is 9.83 Å². The number of rotatable bonds is 4. The number of nitro benzene ring substituents is 1. The zero-order valence-corrected chi connectivity index (χ0v) is 13.5. The van der Waals surface area contributed by atoms with E-state index in [1.165, 1.54) is 30.3 Å². The van der Waals surface area contributed by atoms with Crippen molar-refractivity contribution >= 4 is 51.9 Å². The molecule has 10 heteroatoms. The Balaban J connectivity index is 2.29. The molecule has 2 rings (SSSR count). The fourth-order valence-corrected chi connectivity index (χ4v) is 2.92. The second-order valence-corrected chi connectivity index (χ2v) is 6.09. The monoisotopic (exact) mass is 360 g/mol. The van der Waals surface area contributed by atoms with Crippen LogP contribution >= 0.6 is 24.0 Å². The van der Waals surface area contributed by atoms with E-state index in [1.807, 2.05) is 0 Å². The second kappa shape index (κ2) is 7.03. The quantitative estimate of drug-likeness (QED) is 0.284. The summed E-state index contributed by atoms with van der Waals surface area (Å²) in [5.74, 6) is -1.48. The highest BCUT2D eigenvalue weighted by molar-refractivity contribution is 8.26. The van der Waals surface area contributed by atoms with Crippen molar-refractivity contribution in [2.45, 2.75) is 0 Å². The van der Waals surface area contributed by atoms with Gasteiger partial charge in [-0.2, -0.15) is 5.26 Å². The number of hydrogen-bond donors (Lipinski definition) is 1. The number of non-ortho nitro benzene ring substituents is 1. The number of nitriles is 1. The van der Waals surface area contributed by atoms with Crippen LogP contribution in [0.2, 0.25) is 0 Å². The number of benzene rings is 1.